The number of anilines is 2. The highest BCUT2D eigenvalue weighted by Gasteiger charge is 2.16. The Kier molecular flexibility index (Phi) is 4.02. The van der Waals surface area contributed by atoms with Gasteiger partial charge in [0.2, 0.25) is 0 Å². The molecule has 18 heavy (non-hydrogen) atoms. The van der Waals surface area contributed by atoms with E-state index in [9.17, 15) is 4.79 Å². The average Bonchev–Trinajstić information content (AvgIpc) is 2.38. The van der Waals surface area contributed by atoms with Gasteiger partial charge in [-0.15, -0.1) is 0 Å². The maximum Gasteiger partial charge on any atom is 0.339 e. The molecule has 0 aromatic carbocycles. The molecule has 0 amide bonds. The molecule has 1 saturated carbocycles. The first-order valence-electron chi connectivity index (χ1n) is 6.39. The standard InChI is InChI=1S/C13H19N3O2/c14-10-6-11(13(17)18)12(16-8-10)15-7-9-4-2-1-3-5-9/h6,8-9H,1-5,7,14H2,(H,15,16)(H,17,18). The Bertz CT molecular complexity index is 428. The predicted octanol–water partition coefficient (Wildman–Crippen LogP) is 2.35. The van der Waals surface area contributed by atoms with Gasteiger partial charge in [0.05, 0.1) is 11.9 Å². The molecule has 0 bridgehead atoms. The molecule has 1 aliphatic carbocycles. The van der Waals surface area contributed by atoms with E-state index >= 15 is 0 Å². The molecule has 2 rings (SSSR count). The van der Waals surface area contributed by atoms with Gasteiger partial charge in [-0.05, 0) is 24.8 Å². The van der Waals surface area contributed by atoms with Crippen LogP contribution >= 0.6 is 0 Å². The van der Waals surface area contributed by atoms with Crippen LogP contribution in [0.4, 0.5) is 11.5 Å². The number of nitrogen functional groups attached to an aromatic ring is 1. The fraction of sp³-hybridized carbons (Fsp3) is 0.538. The molecule has 1 aromatic rings. The van der Waals surface area contributed by atoms with Crippen molar-refractivity contribution in [2.75, 3.05) is 17.6 Å². The first-order chi connectivity index (χ1) is 8.66. The zero-order valence-electron chi connectivity index (χ0n) is 10.4. The SMILES string of the molecule is Nc1cnc(NCC2CCCCC2)c(C(=O)O)c1. The Balaban J connectivity index is 2.01. The largest absolute Gasteiger partial charge is 0.478 e. The lowest BCUT2D eigenvalue weighted by Crippen LogP contribution is -2.19. The highest BCUT2D eigenvalue weighted by Crippen LogP contribution is 2.24. The summed E-state index contributed by atoms with van der Waals surface area (Å²) in [5.74, 6) is 0.0444. The van der Waals surface area contributed by atoms with Crippen molar-refractivity contribution < 1.29 is 9.90 Å². The van der Waals surface area contributed by atoms with E-state index in [0.29, 0.717) is 17.4 Å². The van der Waals surface area contributed by atoms with E-state index in [4.69, 9.17) is 10.8 Å². The number of carboxylic acid groups (broad SMARTS) is 1. The first-order valence-corrected chi connectivity index (χ1v) is 6.39. The molecule has 1 aliphatic rings. The van der Waals surface area contributed by atoms with Crippen molar-refractivity contribution in [1.82, 2.24) is 4.98 Å². The lowest BCUT2D eigenvalue weighted by molar-refractivity contribution is 0.0697. The molecule has 1 fully saturated rings. The second kappa shape index (κ2) is 5.71. The maximum atomic E-state index is 11.1. The van der Waals surface area contributed by atoms with Crippen LogP contribution in [0.1, 0.15) is 42.5 Å². The van der Waals surface area contributed by atoms with Crippen molar-refractivity contribution >= 4 is 17.5 Å². The average molecular weight is 249 g/mol. The zero-order valence-corrected chi connectivity index (χ0v) is 10.4. The number of carboxylic acids is 1. The minimum atomic E-state index is -0.999. The fourth-order valence-electron chi connectivity index (χ4n) is 2.42. The van der Waals surface area contributed by atoms with Crippen LogP contribution in [0.25, 0.3) is 0 Å². The monoisotopic (exact) mass is 249 g/mol. The quantitative estimate of drug-likeness (QED) is 0.762. The van der Waals surface area contributed by atoms with Gasteiger partial charge in [0.25, 0.3) is 0 Å². The fourth-order valence-corrected chi connectivity index (χ4v) is 2.42. The number of nitrogens with two attached hydrogens (primary N) is 1. The molecule has 0 radical (unpaired) electrons. The van der Waals surface area contributed by atoms with E-state index in [0.717, 1.165) is 6.54 Å². The number of carbonyl (C=O) groups is 1. The number of nitrogens with one attached hydrogen (secondary N) is 1. The molecule has 0 unspecified atom stereocenters. The molecule has 0 saturated heterocycles. The molecular formula is C13H19N3O2. The Morgan fingerprint density at radius 1 is 1.44 bits per heavy atom. The summed E-state index contributed by atoms with van der Waals surface area (Å²) >= 11 is 0. The molecule has 0 aliphatic heterocycles. The van der Waals surface area contributed by atoms with Crippen LogP contribution in [0.5, 0.6) is 0 Å². The van der Waals surface area contributed by atoms with E-state index < -0.39 is 5.97 Å². The summed E-state index contributed by atoms with van der Waals surface area (Å²) in [4.78, 5) is 15.2. The number of nitrogens with zero attached hydrogens (tertiary/aromatic N) is 1. The van der Waals surface area contributed by atoms with Crippen molar-refractivity contribution in [3.05, 3.63) is 17.8 Å². The highest BCUT2D eigenvalue weighted by atomic mass is 16.4. The van der Waals surface area contributed by atoms with Crippen molar-refractivity contribution in [3.8, 4) is 0 Å². The van der Waals surface area contributed by atoms with Gasteiger partial charge >= 0.3 is 5.97 Å². The van der Waals surface area contributed by atoms with E-state index in [1.165, 1.54) is 44.4 Å². The van der Waals surface area contributed by atoms with Gasteiger partial charge in [-0.25, -0.2) is 9.78 Å². The summed E-state index contributed by atoms with van der Waals surface area (Å²) in [5.41, 5.74) is 6.07. The minimum absolute atomic E-state index is 0.144. The molecule has 1 aromatic heterocycles. The summed E-state index contributed by atoms with van der Waals surface area (Å²) < 4.78 is 0. The van der Waals surface area contributed by atoms with Crippen LogP contribution in [-0.4, -0.2) is 22.6 Å². The molecule has 98 valence electrons. The molecule has 0 spiro atoms. The van der Waals surface area contributed by atoms with Gasteiger partial charge in [0, 0.05) is 6.54 Å². The summed E-state index contributed by atoms with van der Waals surface area (Å²) in [6.45, 7) is 0.789. The molecule has 5 nitrogen and oxygen atoms in total. The number of hydrogen-bond donors (Lipinski definition) is 3. The number of pyridine rings is 1. The Labute approximate surface area is 106 Å². The first kappa shape index (κ1) is 12.7. The molecule has 1 heterocycles. The van der Waals surface area contributed by atoms with Crippen LogP contribution in [0, 0.1) is 5.92 Å². The Morgan fingerprint density at radius 3 is 2.83 bits per heavy atom. The van der Waals surface area contributed by atoms with Crippen molar-refractivity contribution in [3.63, 3.8) is 0 Å². The third-order valence-corrected chi connectivity index (χ3v) is 3.42. The molecule has 0 atom stereocenters. The second-order valence-electron chi connectivity index (χ2n) is 4.85. The van der Waals surface area contributed by atoms with Crippen LogP contribution in [0.2, 0.25) is 0 Å². The van der Waals surface area contributed by atoms with E-state index in [2.05, 4.69) is 10.3 Å². The van der Waals surface area contributed by atoms with Crippen molar-refractivity contribution in [2.45, 2.75) is 32.1 Å². The lowest BCUT2D eigenvalue weighted by Gasteiger charge is -2.22. The minimum Gasteiger partial charge on any atom is -0.478 e. The summed E-state index contributed by atoms with van der Waals surface area (Å²) in [6.07, 6.45) is 7.77. The van der Waals surface area contributed by atoms with Crippen LogP contribution in [-0.2, 0) is 0 Å². The van der Waals surface area contributed by atoms with Crippen molar-refractivity contribution in [1.29, 1.82) is 0 Å². The van der Waals surface area contributed by atoms with Gasteiger partial charge in [-0.1, -0.05) is 19.3 Å². The third kappa shape index (κ3) is 3.12. The summed E-state index contributed by atoms with van der Waals surface area (Å²) in [6, 6.07) is 1.44. The predicted molar refractivity (Wildman–Crippen MR) is 70.7 cm³/mol. The maximum absolute atomic E-state index is 11.1. The van der Waals surface area contributed by atoms with Crippen LogP contribution in [0.15, 0.2) is 12.3 Å². The summed E-state index contributed by atoms with van der Waals surface area (Å²) in [7, 11) is 0. The van der Waals surface area contributed by atoms with Crippen LogP contribution < -0.4 is 11.1 Å². The van der Waals surface area contributed by atoms with Gasteiger partial charge in [0.15, 0.2) is 0 Å². The smallest absolute Gasteiger partial charge is 0.339 e. The topological polar surface area (TPSA) is 88.2 Å². The normalized spacial score (nSPS) is 16.4. The van der Waals surface area contributed by atoms with Crippen LogP contribution in [0.3, 0.4) is 0 Å². The van der Waals surface area contributed by atoms with E-state index in [1.807, 2.05) is 0 Å². The van der Waals surface area contributed by atoms with Gasteiger partial charge < -0.3 is 16.2 Å². The third-order valence-electron chi connectivity index (χ3n) is 3.42. The van der Waals surface area contributed by atoms with Gasteiger partial charge in [0.1, 0.15) is 11.4 Å². The number of aromatic nitrogens is 1. The van der Waals surface area contributed by atoms with E-state index in [1.54, 1.807) is 0 Å². The molecular weight excluding hydrogens is 230 g/mol. The number of aromatic carboxylic acids is 1. The van der Waals surface area contributed by atoms with Crippen molar-refractivity contribution in [2.24, 2.45) is 5.92 Å². The second-order valence-corrected chi connectivity index (χ2v) is 4.85. The lowest BCUT2D eigenvalue weighted by atomic mass is 9.89. The van der Waals surface area contributed by atoms with E-state index in [-0.39, 0.29) is 5.56 Å². The highest BCUT2D eigenvalue weighted by molar-refractivity contribution is 5.94. The summed E-state index contributed by atoms with van der Waals surface area (Å²) in [5, 5.41) is 12.2. The zero-order chi connectivity index (χ0) is 13.0. The number of hydrogen-bond acceptors (Lipinski definition) is 4. The van der Waals surface area contributed by atoms with Gasteiger partial charge in [-0.3, -0.25) is 0 Å². The Hall–Kier alpha value is -1.78. The molecule has 5 heteroatoms. The number of rotatable bonds is 4. The Morgan fingerprint density at radius 2 is 2.17 bits per heavy atom. The van der Waals surface area contributed by atoms with Gasteiger partial charge in [-0.2, -0.15) is 0 Å². The molecule has 4 N–H and O–H groups in total.